The lowest BCUT2D eigenvalue weighted by Crippen LogP contribution is -2.41. The van der Waals surface area contributed by atoms with Gasteiger partial charge in [-0.2, -0.15) is 14.0 Å². The van der Waals surface area contributed by atoms with Crippen LogP contribution in [0.3, 0.4) is 0 Å². The molecule has 0 unspecified atom stereocenters. The maximum atomic E-state index is 13.9. The number of nitriles is 1. The second kappa shape index (κ2) is 5.63. The number of nitrogens with zero attached hydrogens (tertiary/aromatic N) is 2. The van der Waals surface area contributed by atoms with E-state index in [0.717, 1.165) is 36.1 Å². The molecule has 0 bridgehead atoms. The number of carbonyl (C=O) groups is 1. The van der Waals surface area contributed by atoms with Crippen LogP contribution in [0.4, 0.5) is 23.2 Å². The molecule has 0 amide bonds. The Kier molecular flexibility index (Phi) is 3.81. The number of esters is 1. The molecule has 0 saturated heterocycles. The Morgan fingerprint density at radius 1 is 1.35 bits per heavy atom. The Hall–Kier alpha value is -3.26. The summed E-state index contributed by atoms with van der Waals surface area (Å²) in [7, 11) is 1.07. The lowest BCUT2D eigenvalue weighted by atomic mass is 10.1. The van der Waals surface area contributed by atoms with Crippen molar-refractivity contribution in [2.45, 2.75) is 12.4 Å². The van der Waals surface area contributed by atoms with Crippen LogP contribution in [0.1, 0.15) is 21.6 Å². The van der Waals surface area contributed by atoms with E-state index in [1.807, 2.05) is 0 Å². The number of halogens is 4. The average Bonchev–Trinajstić information content (AvgIpc) is 2.88. The predicted octanol–water partition coefficient (Wildman–Crippen LogP) is 2.73. The fourth-order valence-corrected chi connectivity index (χ4v) is 2.46. The molecule has 1 aliphatic heterocycles. The number of hydrogen-bond acceptors (Lipinski definition) is 6. The fourth-order valence-electron chi connectivity index (χ4n) is 2.46. The summed E-state index contributed by atoms with van der Waals surface area (Å²) in [5, 5.41) is 9.05. The van der Waals surface area contributed by atoms with Gasteiger partial charge in [0.1, 0.15) is 11.8 Å². The third-order valence-corrected chi connectivity index (χ3v) is 3.57. The van der Waals surface area contributed by atoms with Crippen molar-refractivity contribution in [2.75, 3.05) is 12.8 Å². The molecule has 2 N–H and O–H groups in total. The van der Waals surface area contributed by atoms with E-state index in [9.17, 15) is 22.4 Å². The molecule has 0 aliphatic carbocycles. The van der Waals surface area contributed by atoms with Crippen LogP contribution in [0.15, 0.2) is 24.4 Å². The standard InChI is InChI=1S/C15H9F4N3O4/c1-24-13(23)12-11(21)7(5-20)6-22(12)8-2-3-10-9(4-8)14(16,17)26-15(18,19)25-10/h2-4,6H,21H2,1H3. The number of anilines is 1. The molecule has 0 fully saturated rings. The third kappa shape index (κ3) is 2.70. The van der Waals surface area contributed by atoms with E-state index in [1.54, 1.807) is 6.07 Å². The van der Waals surface area contributed by atoms with Gasteiger partial charge in [-0.3, -0.25) is 0 Å². The van der Waals surface area contributed by atoms with Crippen LogP contribution in [0.2, 0.25) is 0 Å². The normalized spacial score (nSPS) is 16.9. The summed E-state index contributed by atoms with van der Waals surface area (Å²) >= 11 is 0. The molecule has 26 heavy (non-hydrogen) atoms. The quantitative estimate of drug-likeness (QED) is 0.644. The minimum atomic E-state index is -4.50. The Labute approximate surface area is 143 Å². The van der Waals surface area contributed by atoms with Gasteiger partial charge in [-0.25, -0.2) is 9.53 Å². The molecule has 2 aromatic rings. The SMILES string of the molecule is COC(=O)c1c(N)c(C#N)cn1-c1ccc2c(c1)C(F)(F)OC(F)(F)O2. The highest BCUT2D eigenvalue weighted by Gasteiger charge is 2.54. The van der Waals surface area contributed by atoms with Gasteiger partial charge in [0.25, 0.3) is 0 Å². The van der Waals surface area contributed by atoms with Crippen molar-refractivity contribution in [1.82, 2.24) is 4.57 Å². The van der Waals surface area contributed by atoms with Crippen molar-refractivity contribution in [2.24, 2.45) is 0 Å². The topological polar surface area (TPSA) is 99.5 Å². The second-order valence-corrected chi connectivity index (χ2v) is 5.14. The van der Waals surface area contributed by atoms with Gasteiger partial charge in [0.2, 0.25) is 0 Å². The second-order valence-electron chi connectivity index (χ2n) is 5.14. The summed E-state index contributed by atoms with van der Waals surface area (Å²) in [6.45, 7) is 0. The molecule has 0 radical (unpaired) electrons. The largest absolute Gasteiger partial charge is 0.540 e. The Bertz CT molecular complexity index is 949. The molecular weight excluding hydrogens is 362 g/mol. The average molecular weight is 371 g/mol. The number of nitrogens with two attached hydrogens (primary N) is 1. The van der Waals surface area contributed by atoms with Gasteiger partial charge in [0.15, 0.2) is 5.69 Å². The van der Waals surface area contributed by atoms with Crippen molar-refractivity contribution in [1.29, 1.82) is 5.26 Å². The first-order valence-electron chi connectivity index (χ1n) is 6.88. The van der Waals surface area contributed by atoms with E-state index in [-0.39, 0.29) is 22.6 Å². The minimum Gasteiger partial charge on any atom is -0.464 e. The van der Waals surface area contributed by atoms with E-state index in [2.05, 4.69) is 14.2 Å². The zero-order chi connectivity index (χ0) is 19.3. The summed E-state index contributed by atoms with van der Waals surface area (Å²) in [6.07, 6.45) is -7.73. The molecule has 11 heteroatoms. The smallest absolute Gasteiger partial charge is 0.464 e. The Morgan fingerprint density at radius 2 is 2.04 bits per heavy atom. The number of nitrogen functional groups attached to an aromatic ring is 1. The van der Waals surface area contributed by atoms with Gasteiger partial charge in [0, 0.05) is 11.9 Å². The summed E-state index contributed by atoms with van der Waals surface area (Å²) in [5.74, 6) is -1.72. The van der Waals surface area contributed by atoms with Gasteiger partial charge in [0.05, 0.1) is 23.9 Å². The molecule has 1 aromatic heterocycles. The van der Waals surface area contributed by atoms with Crippen LogP contribution >= 0.6 is 0 Å². The predicted molar refractivity (Wildman–Crippen MR) is 76.8 cm³/mol. The molecule has 2 heterocycles. The highest BCUT2D eigenvalue weighted by Crippen LogP contribution is 2.46. The first-order valence-corrected chi connectivity index (χ1v) is 6.88. The number of carbonyl (C=O) groups excluding carboxylic acids is 1. The van der Waals surface area contributed by atoms with Crippen molar-refractivity contribution in [3.8, 4) is 17.5 Å². The molecule has 0 atom stereocenters. The number of methoxy groups -OCH3 is 1. The minimum absolute atomic E-state index is 0.0746. The van der Waals surface area contributed by atoms with Crippen LogP contribution in [-0.2, 0) is 15.6 Å². The van der Waals surface area contributed by atoms with Crippen LogP contribution in [0.25, 0.3) is 5.69 Å². The van der Waals surface area contributed by atoms with E-state index in [1.165, 1.54) is 0 Å². The van der Waals surface area contributed by atoms with Crippen molar-refractivity contribution in [3.63, 3.8) is 0 Å². The maximum Gasteiger partial charge on any atom is 0.540 e. The number of rotatable bonds is 2. The monoisotopic (exact) mass is 371 g/mol. The third-order valence-electron chi connectivity index (χ3n) is 3.57. The van der Waals surface area contributed by atoms with Crippen LogP contribution in [0.5, 0.6) is 5.75 Å². The van der Waals surface area contributed by atoms with E-state index in [0.29, 0.717) is 0 Å². The van der Waals surface area contributed by atoms with Crippen LogP contribution < -0.4 is 10.5 Å². The molecule has 3 rings (SSSR count). The summed E-state index contributed by atoms with van der Waals surface area (Å²) in [4.78, 5) is 11.9. The van der Waals surface area contributed by atoms with E-state index in [4.69, 9.17) is 11.0 Å². The number of ether oxygens (including phenoxy) is 3. The number of hydrogen-bond donors (Lipinski definition) is 1. The summed E-state index contributed by atoms with van der Waals surface area (Å²) in [6, 6.07) is 4.51. The van der Waals surface area contributed by atoms with Gasteiger partial charge >= 0.3 is 18.4 Å². The summed E-state index contributed by atoms with van der Waals surface area (Å²) < 4.78 is 67.0. The number of alkyl halides is 4. The summed E-state index contributed by atoms with van der Waals surface area (Å²) in [5.41, 5.74) is 4.05. The Morgan fingerprint density at radius 3 is 2.65 bits per heavy atom. The zero-order valence-electron chi connectivity index (χ0n) is 12.9. The van der Waals surface area contributed by atoms with Gasteiger partial charge in [-0.1, -0.05) is 0 Å². The molecule has 136 valence electrons. The van der Waals surface area contributed by atoms with E-state index < -0.39 is 29.7 Å². The fraction of sp³-hybridized carbons (Fsp3) is 0.200. The maximum absolute atomic E-state index is 13.9. The van der Waals surface area contributed by atoms with E-state index >= 15 is 0 Å². The first-order chi connectivity index (χ1) is 12.1. The van der Waals surface area contributed by atoms with Gasteiger partial charge < -0.3 is 19.8 Å². The lowest BCUT2D eigenvalue weighted by Gasteiger charge is -2.30. The number of aromatic nitrogens is 1. The number of fused-ring (bicyclic) bond motifs is 1. The lowest BCUT2D eigenvalue weighted by molar-refractivity contribution is -0.461. The van der Waals surface area contributed by atoms with Crippen molar-refractivity contribution < 1.29 is 36.6 Å². The van der Waals surface area contributed by atoms with Crippen LogP contribution in [0, 0.1) is 11.3 Å². The molecule has 1 aromatic carbocycles. The van der Waals surface area contributed by atoms with Gasteiger partial charge in [-0.05, 0) is 18.2 Å². The van der Waals surface area contributed by atoms with Gasteiger partial charge in [-0.15, -0.1) is 8.78 Å². The van der Waals surface area contributed by atoms with Crippen molar-refractivity contribution in [3.05, 3.63) is 41.2 Å². The highest BCUT2D eigenvalue weighted by molar-refractivity contribution is 5.96. The first kappa shape index (κ1) is 17.6. The van der Waals surface area contributed by atoms with Crippen molar-refractivity contribution >= 4 is 11.7 Å². The molecular formula is C15H9F4N3O4. The van der Waals surface area contributed by atoms with Crippen LogP contribution in [-0.4, -0.2) is 23.9 Å². The molecule has 0 saturated carbocycles. The number of benzene rings is 1. The molecule has 0 spiro atoms. The zero-order valence-corrected chi connectivity index (χ0v) is 12.9. The molecule has 7 nitrogen and oxygen atoms in total. The Balaban J connectivity index is 2.20. The molecule has 1 aliphatic rings. The highest BCUT2D eigenvalue weighted by atomic mass is 19.3.